The first-order chi connectivity index (χ1) is 24.3. The number of hydrogen-bond acceptors (Lipinski definition) is 10. The van der Waals surface area contributed by atoms with Gasteiger partial charge >= 0.3 is 25.6 Å². The highest BCUT2D eigenvalue weighted by molar-refractivity contribution is 7.61. The topological polar surface area (TPSA) is 242 Å². The van der Waals surface area contributed by atoms with Gasteiger partial charge < -0.3 is 36.2 Å². The predicted molar refractivity (Wildman–Crippen MR) is 184 cm³/mol. The van der Waals surface area contributed by atoms with Crippen LogP contribution in [0.4, 0.5) is 4.79 Å². The molecule has 6 N–H and O–H groups in total. The standard InChI is InChI=1S/C23H26N2O5.C8H11N2O7P.C3H8/c1-15(19-11-17-9-5-6-10-18(17)12-19)24-22(28)20(13-21(26)27)25-23(29)30-14-16-7-3-2-4-8-16;11-5-9-4-7(12)10-6(3-8(13)14)1-2-18(15)16-17-18;1-3-2/h2-10,15,19-20H,11-14H2,1H3,(H,24,28)(H,25,29)(H,26,27);1-2,5-6H,3-4H2,(H,9,11)(H,10,12)(H,13,14);3H2,1-2H3/b;2-1+;/t15?,20-;;/m0../s1. The van der Waals surface area contributed by atoms with Crippen molar-refractivity contribution in [2.45, 2.75) is 77.6 Å². The molecule has 0 saturated carbocycles. The molecule has 2 aromatic rings. The average Bonchev–Trinajstić information content (AvgIpc) is 3.66. The Bertz CT molecular complexity index is 1520. The summed E-state index contributed by atoms with van der Waals surface area (Å²) < 4.78 is 24.6. The van der Waals surface area contributed by atoms with Crippen LogP contribution < -0.4 is 21.3 Å². The number of rotatable bonds is 16. The Hall–Kier alpha value is -5.05. The molecule has 1 aliphatic carbocycles. The molecule has 0 radical (unpaired) electrons. The number of carbonyl (C=O) groups excluding carboxylic acids is 4. The SMILES string of the molecule is CC(NC(=O)[C@H](CC(=O)O)NC(=O)OCc1ccccc1)C1Cc2ccccc2C1.CCC.O=CNCC(=O)NC(/C=C/P1(=O)OO1)CC(=O)O. The maximum atomic E-state index is 12.7. The number of benzene rings is 2. The second-order valence-electron chi connectivity index (χ2n) is 11.6. The molecule has 51 heavy (non-hydrogen) atoms. The Kier molecular flexibility index (Phi) is 18.1. The Morgan fingerprint density at radius 2 is 1.47 bits per heavy atom. The molecule has 16 nitrogen and oxygen atoms in total. The lowest BCUT2D eigenvalue weighted by Gasteiger charge is -2.24. The van der Waals surface area contributed by atoms with Crippen molar-refractivity contribution in [3.8, 4) is 0 Å². The van der Waals surface area contributed by atoms with Crippen molar-refractivity contribution in [1.82, 2.24) is 21.3 Å². The van der Waals surface area contributed by atoms with Gasteiger partial charge in [-0.3, -0.25) is 28.5 Å². The minimum atomic E-state index is -3.17. The van der Waals surface area contributed by atoms with Gasteiger partial charge in [0.25, 0.3) is 0 Å². The van der Waals surface area contributed by atoms with Crippen molar-refractivity contribution in [2.24, 2.45) is 5.92 Å². The van der Waals surface area contributed by atoms with Gasteiger partial charge in [0.05, 0.1) is 25.4 Å². The van der Waals surface area contributed by atoms with Gasteiger partial charge in [0.2, 0.25) is 18.2 Å². The van der Waals surface area contributed by atoms with Crippen LogP contribution >= 0.6 is 7.60 Å². The predicted octanol–water partition coefficient (Wildman–Crippen LogP) is 3.45. The molecule has 278 valence electrons. The fourth-order valence-corrected chi connectivity index (χ4v) is 5.50. The van der Waals surface area contributed by atoms with Crippen molar-refractivity contribution in [3.63, 3.8) is 0 Å². The van der Waals surface area contributed by atoms with Gasteiger partial charge in [0.15, 0.2) is 0 Å². The molecule has 2 aromatic carbocycles. The Morgan fingerprint density at radius 3 is 2.00 bits per heavy atom. The lowest BCUT2D eigenvalue weighted by molar-refractivity contribution is -0.140. The Morgan fingerprint density at radius 1 is 0.902 bits per heavy atom. The average molecular weight is 733 g/mol. The first kappa shape index (κ1) is 42.1. The summed E-state index contributed by atoms with van der Waals surface area (Å²) in [5.41, 5.74) is 3.34. The second kappa shape index (κ2) is 21.9. The van der Waals surface area contributed by atoms with Crippen LogP contribution in [0.1, 0.15) is 56.7 Å². The number of hydrogen-bond donors (Lipinski definition) is 6. The van der Waals surface area contributed by atoms with Crippen LogP contribution in [0.15, 0.2) is 66.5 Å². The highest BCUT2D eigenvalue weighted by Crippen LogP contribution is 2.65. The largest absolute Gasteiger partial charge is 0.481 e. The van der Waals surface area contributed by atoms with Crippen molar-refractivity contribution in [1.29, 1.82) is 0 Å². The molecule has 2 unspecified atom stereocenters. The van der Waals surface area contributed by atoms with Crippen molar-refractivity contribution in [2.75, 3.05) is 6.54 Å². The number of amides is 4. The van der Waals surface area contributed by atoms with Crippen LogP contribution in [0, 0.1) is 5.92 Å². The summed E-state index contributed by atoms with van der Waals surface area (Å²) in [5.74, 6) is -2.15. The monoisotopic (exact) mass is 732 g/mol. The van der Waals surface area contributed by atoms with Crippen LogP contribution in [0.25, 0.3) is 0 Å². The van der Waals surface area contributed by atoms with Crippen LogP contribution in [0.2, 0.25) is 0 Å². The third-order valence-corrected chi connectivity index (χ3v) is 8.15. The maximum absolute atomic E-state index is 12.7. The van der Waals surface area contributed by atoms with Gasteiger partial charge in [0, 0.05) is 11.9 Å². The summed E-state index contributed by atoms with van der Waals surface area (Å²) in [5, 5.41) is 27.5. The molecule has 1 saturated heterocycles. The third kappa shape index (κ3) is 16.9. The number of fused-ring (bicyclic) bond motifs is 1. The van der Waals surface area contributed by atoms with E-state index in [1.807, 2.05) is 37.3 Å². The highest BCUT2D eigenvalue weighted by Gasteiger charge is 2.40. The van der Waals surface area contributed by atoms with Crippen LogP contribution in [-0.4, -0.2) is 71.1 Å². The quantitative estimate of drug-likeness (QED) is 0.0629. The number of ether oxygens (including phenoxy) is 1. The van der Waals surface area contributed by atoms with Crippen LogP contribution in [0.3, 0.4) is 0 Å². The number of carboxylic acids is 2. The van der Waals surface area contributed by atoms with Crippen molar-refractivity contribution in [3.05, 3.63) is 83.2 Å². The van der Waals surface area contributed by atoms with Gasteiger partial charge in [-0.25, -0.2) is 4.79 Å². The molecule has 1 heterocycles. The molecular formula is C34H45N4O12P. The summed E-state index contributed by atoms with van der Waals surface area (Å²) in [6, 6.07) is 15.0. The molecule has 0 bridgehead atoms. The van der Waals surface area contributed by atoms with E-state index in [2.05, 4.69) is 56.6 Å². The van der Waals surface area contributed by atoms with E-state index in [0.29, 0.717) is 6.41 Å². The number of nitrogens with one attached hydrogen (secondary N) is 4. The lowest BCUT2D eigenvalue weighted by atomic mass is 9.97. The molecule has 0 spiro atoms. The minimum Gasteiger partial charge on any atom is -0.481 e. The number of carboxylic acid groups (broad SMARTS) is 2. The van der Waals surface area contributed by atoms with Gasteiger partial charge in [-0.05, 0) is 42.4 Å². The zero-order valence-electron chi connectivity index (χ0n) is 28.6. The van der Waals surface area contributed by atoms with Gasteiger partial charge in [-0.15, -0.1) is 9.35 Å². The van der Waals surface area contributed by atoms with E-state index >= 15 is 0 Å². The van der Waals surface area contributed by atoms with E-state index in [4.69, 9.17) is 14.9 Å². The van der Waals surface area contributed by atoms with E-state index in [-0.39, 0.29) is 25.1 Å². The van der Waals surface area contributed by atoms with E-state index in [1.54, 1.807) is 12.1 Å². The fraction of sp³-hybridized carbons (Fsp3) is 0.412. The molecule has 4 rings (SSSR count). The van der Waals surface area contributed by atoms with E-state index in [1.165, 1.54) is 23.6 Å². The van der Waals surface area contributed by atoms with Gasteiger partial charge in [0.1, 0.15) is 12.6 Å². The number of carbonyl (C=O) groups is 6. The van der Waals surface area contributed by atoms with Crippen LogP contribution in [0.5, 0.6) is 0 Å². The molecule has 17 heteroatoms. The normalized spacial score (nSPS) is 15.5. The number of aliphatic carboxylic acids is 2. The fourth-order valence-electron chi connectivity index (χ4n) is 4.72. The zero-order chi connectivity index (χ0) is 37.8. The molecule has 3 atom stereocenters. The molecule has 4 amide bonds. The Balaban J connectivity index is 0.000000366. The second-order valence-corrected chi connectivity index (χ2v) is 13.3. The Labute approximate surface area is 295 Å². The van der Waals surface area contributed by atoms with E-state index < -0.39 is 62.4 Å². The third-order valence-electron chi connectivity index (χ3n) is 7.17. The molecular weight excluding hydrogens is 687 g/mol. The lowest BCUT2D eigenvalue weighted by Crippen LogP contribution is -2.51. The van der Waals surface area contributed by atoms with E-state index in [9.17, 15) is 33.3 Å². The molecule has 2 aliphatic rings. The smallest absolute Gasteiger partial charge is 0.408 e. The summed E-state index contributed by atoms with van der Waals surface area (Å²) >= 11 is 0. The molecule has 0 aromatic heterocycles. The summed E-state index contributed by atoms with van der Waals surface area (Å²) in [6.45, 7) is 5.91. The van der Waals surface area contributed by atoms with Gasteiger partial charge in [-0.2, -0.15) is 0 Å². The highest BCUT2D eigenvalue weighted by atomic mass is 31.2. The molecule has 1 fully saturated rings. The first-order valence-electron chi connectivity index (χ1n) is 16.2. The van der Waals surface area contributed by atoms with Crippen LogP contribution in [-0.2, 0) is 62.1 Å². The number of alkyl carbamates (subject to hydrolysis) is 1. The summed E-state index contributed by atoms with van der Waals surface area (Å²) in [7, 11) is -3.17. The van der Waals surface area contributed by atoms with Crippen molar-refractivity contribution >= 4 is 43.9 Å². The first-order valence-corrected chi connectivity index (χ1v) is 17.8. The summed E-state index contributed by atoms with van der Waals surface area (Å²) in [4.78, 5) is 67.7. The van der Waals surface area contributed by atoms with E-state index in [0.717, 1.165) is 24.2 Å². The summed E-state index contributed by atoms with van der Waals surface area (Å²) in [6.07, 6.45) is 2.75. The molecule has 1 aliphatic heterocycles. The van der Waals surface area contributed by atoms with Crippen molar-refractivity contribution < 1.29 is 57.6 Å². The van der Waals surface area contributed by atoms with Gasteiger partial charge in [-0.1, -0.05) is 80.9 Å². The maximum Gasteiger partial charge on any atom is 0.408 e. The minimum absolute atomic E-state index is 0.0326. The zero-order valence-corrected chi connectivity index (χ0v) is 29.5.